The predicted molar refractivity (Wildman–Crippen MR) is 58.5 cm³/mol. The average molecular weight is 257 g/mol. The predicted octanol–water partition coefficient (Wildman–Crippen LogP) is 0.312. The fraction of sp³-hybridized carbons (Fsp3) is 0.636. The number of amides is 1. The molecule has 0 bridgehead atoms. The van der Waals surface area contributed by atoms with Crippen LogP contribution in [0.15, 0.2) is 0 Å². The highest BCUT2D eigenvalue weighted by atomic mass is 16.6. The second-order valence-corrected chi connectivity index (χ2v) is 4.84. The monoisotopic (exact) mass is 257 g/mol. The Balaban J connectivity index is 2.69. The Labute approximate surface area is 104 Å². The summed E-state index contributed by atoms with van der Waals surface area (Å²) < 4.78 is 9.27. The van der Waals surface area contributed by atoms with Crippen LogP contribution in [0.4, 0.5) is 4.79 Å². The van der Waals surface area contributed by atoms with Crippen LogP contribution in [0, 0.1) is 0 Å². The third-order valence-corrected chi connectivity index (χ3v) is 2.01. The van der Waals surface area contributed by atoms with Gasteiger partial charge in [0.1, 0.15) is 5.60 Å². The van der Waals surface area contributed by atoms with Gasteiger partial charge in [-0.3, -0.25) is 9.59 Å². The maximum Gasteiger partial charge on any atom is 0.408 e. The van der Waals surface area contributed by atoms with Crippen molar-refractivity contribution in [3.05, 3.63) is 0 Å². The summed E-state index contributed by atoms with van der Waals surface area (Å²) in [6.07, 6.45) is -1.23. The molecule has 1 atom stereocenters. The number of esters is 2. The van der Waals surface area contributed by atoms with Crippen LogP contribution in [0.2, 0.25) is 0 Å². The van der Waals surface area contributed by atoms with Gasteiger partial charge >= 0.3 is 18.0 Å². The van der Waals surface area contributed by atoms with E-state index in [-0.39, 0.29) is 12.8 Å². The van der Waals surface area contributed by atoms with E-state index >= 15 is 0 Å². The summed E-state index contributed by atoms with van der Waals surface area (Å²) in [4.78, 5) is 45.3. The molecule has 7 nitrogen and oxygen atoms in total. The Morgan fingerprint density at radius 1 is 1.28 bits per heavy atom. The van der Waals surface area contributed by atoms with Gasteiger partial charge in [-0.05, 0) is 20.8 Å². The summed E-state index contributed by atoms with van der Waals surface area (Å²) in [6.45, 7) is 4.93. The number of alkyl carbamates (subject to hydrolysis) is 1. The molecule has 7 heteroatoms. The van der Waals surface area contributed by atoms with Crippen molar-refractivity contribution in [1.29, 1.82) is 0 Å². The summed E-state index contributed by atoms with van der Waals surface area (Å²) >= 11 is 0. The quantitative estimate of drug-likeness (QED) is 0.536. The molecule has 0 aliphatic carbocycles. The molecule has 1 amide bonds. The van der Waals surface area contributed by atoms with Crippen molar-refractivity contribution < 1.29 is 28.7 Å². The van der Waals surface area contributed by atoms with E-state index in [1.807, 2.05) is 0 Å². The highest BCUT2D eigenvalue weighted by Gasteiger charge is 2.35. The van der Waals surface area contributed by atoms with Crippen molar-refractivity contribution in [2.24, 2.45) is 0 Å². The average Bonchev–Trinajstić information content (AvgIpc) is 2.29. The van der Waals surface area contributed by atoms with Gasteiger partial charge in [-0.15, -0.1) is 0 Å². The summed E-state index contributed by atoms with van der Waals surface area (Å²) in [6, 6.07) is -1.48. The Morgan fingerprint density at radius 2 is 1.89 bits per heavy atom. The third-order valence-electron chi connectivity index (χ3n) is 2.01. The van der Waals surface area contributed by atoms with Gasteiger partial charge in [0.2, 0.25) is 0 Å². The van der Waals surface area contributed by atoms with Gasteiger partial charge < -0.3 is 14.8 Å². The molecular weight excluding hydrogens is 242 g/mol. The molecule has 1 saturated heterocycles. The molecule has 100 valence electrons. The number of ketones is 1. The molecule has 0 radical (unpaired) electrons. The maximum atomic E-state index is 11.5. The smallest absolute Gasteiger partial charge is 0.408 e. The van der Waals surface area contributed by atoms with Crippen molar-refractivity contribution in [3.63, 3.8) is 0 Å². The molecule has 18 heavy (non-hydrogen) atoms. The van der Waals surface area contributed by atoms with Crippen molar-refractivity contribution in [2.45, 2.75) is 45.3 Å². The first kappa shape index (κ1) is 14.1. The van der Waals surface area contributed by atoms with Crippen LogP contribution in [0.1, 0.15) is 33.6 Å². The zero-order chi connectivity index (χ0) is 13.9. The molecule has 0 spiro atoms. The van der Waals surface area contributed by atoms with Crippen molar-refractivity contribution in [2.75, 3.05) is 0 Å². The Kier molecular flexibility index (Phi) is 4.05. The third kappa shape index (κ3) is 4.15. The molecule has 0 saturated carbocycles. The van der Waals surface area contributed by atoms with E-state index in [9.17, 15) is 19.2 Å². The van der Waals surface area contributed by atoms with Gasteiger partial charge in [0.05, 0.1) is 6.42 Å². The molecule has 0 aromatic carbocycles. The lowest BCUT2D eigenvalue weighted by molar-refractivity contribution is -0.159. The Bertz CT molecular complexity index is 395. The molecule has 1 aliphatic rings. The molecule has 1 fully saturated rings. The fourth-order valence-electron chi connectivity index (χ4n) is 1.29. The molecule has 1 unspecified atom stereocenters. The largest absolute Gasteiger partial charge is 0.444 e. The van der Waals surface area contributed by atoms with Crippen LogP contribution >= 0.6 is 0 Å². The van der Waals surface area contributed by atoms with Gasteiger partial charge in [-0.25, -0.2) is 9.59 Å². The van der Waals surface area contributed by atoms with Gasteiger partial charge in [-0.2, -0.15) is 0 Å². The van der Waals surface area contributed by atoms with Crippen molar-refractivity contribution in [3.8, 4) is 0 Å². The molecular formula is C11H15NO6. The van der Waals surface area contributed by atoms with E-state index in [2.05, 4.69) is 10.1 Å². The first-order valence-corrected chi connectivity index (χ1v) is 5.46. The van der Waals surface area contributed by atoms with E-state index in [4.69, 9.17) is 4.74 Å². The second kappa shape index (κ2) is 5.16. The van der Waals surface area contributed by atoms with Crippen LogP contribution in [0.3, 0.4) is 0 Å². The topological polar surface area (TPSA) is 98.8 Å². The lowest BCUT2D eigenvalue weighted by Crippen LogP contribution is -2.48. The summed E-state index contributed by atoms with van der Waals surface area (Å²) in [5.74, 6) is -2.42. The van der Waals surface area contributed by atoms with E-state index in [0.29, 0.717) is 0 Å². The lowest BCUT2D eigenvalue weighted by atomic mass is 10.1. The number of hydrogen-bond donors (Lipinski definition) is 1. The number of rotatable bonds is 1. The molecule has 1 rings (SSSR count). The molecule has 0 aromatic heterocycles. The maximum absolute atomic E-state index is 11.5. The van der Waals surface area contributed by atoms with Crippen LogP contribution in [0.5, 0.6) is 0 Å². The Morgan fingerprint density at radius 3 is 2.44 bits per heavy atom. The minimum Gasteiger partial charge on any atom is -0.444 e. The number of carbonyl (C=O) groups is 4. The van der Waals surface area contributed by atoms with Crippen LogP contribution < -0.4 is 5.32 Å². The van der Waals surface area contributed by atoms with Crippen LogP contribution in [0.25, 0.3) is 0 Å². The van der Waals surface area contributed by atoms with E-state index in [0.717, 1.165) is 0 Å². The standard InChI is InChI=1S/C11H15NO6/c1-11(2,3)18-10(16)12-8-6(13)4-5-7(14)17-9(8)15/h8H,4-5H2,1-3H3,(H,12,16). The summed E-state index contributed by atoms with van der Waals surface area (Å²) in [7, 11) is 0. The normalized spacial score (nSPS) is 21.1. The van der Waals surface area contributed by atoms with Gasteiger partial charge in [0, 0.05) is 6.42 Å². The first-order chi connectivity index (χ1) is 8.19. The number of nitrogens with one attached hydrogen (secondary N) is 1. The van der Waals surface area contributed by atoms with Gasteiger partial charge in [0.25, 0.3) is 0 Å². The summed E-state index contributed by atoms with van der Waals surface area (Å²) in [5, 5.41) is 2.10. The number of ether oxygens (including phenoxy) is 2. The molecule has 1 heterocycles. The van der Waals surface area contributed by atoms with Crippen LogP contribution in [-0.2, 0) is 23.9 Å². The second-order valence-electron chi connectivity index (χ2n) is 4.84. The fourth-order valence-corrected chi connectivity index (χ4v) is 1.29. The Hall–Kier alpha value is -1.92. The van der Waals surface area contributed by atoms with Gasteiger partial charge in [-0.1, -0.05) is 0 Å². The minimum absolute atomic E-state index is 0.148. The summed E-state index contributed by atoms with van der Waals surface area (Å²) in [5.41, 5.74) is -0.752. The molecule has 1 aliphatic heterocycles. The highest BCUT2D eigenvalue weighted by Crippen LogP contribution is 2.10. The van der Waals surface area contributed by atoms with E-state index in [1.165, 1.54) is 0 Å². The van der Waals surface area contributed by atoms with Crippen molar-refractivity contribution >= 4 is 23.8 Å². The zero-order valence-corrected chi connectivity index (χ0v) is 10.4. The van der Waals surface area contributed by atoms with Crippen molar-refractivity contribution in [1.82, 2.24) is 5.32 Å². The van der Waals surface area contributed by atoms with Gasteiger partial charge in [0.15, 0.2) is 11.8 Å². The molecule has 0 aromatic rings. The highest BCUT2D eigenvalue weighted by molar-refractivity contribution is 6.10. The minimum atomic E-state index is -1.48. The zero-order valence-electron chi connectivity index (χ0n) is 10.4. The lowest BCUT2D eigenvalue weighted by Gasteiger charge is -2.21. The first-order valence-electron chi connectivity index (χ1n) is 5.46. The molecule has 1 N–H and O–H groups in total. The van der Waals surface area contributed by atoms with E-state index in [1.54, 1.807) is 20.8 Å². The SMILES string of the molecule is CC(C)(C)OC(=O)NC1C(=O)CCC(=O)OC1=O. The van der Waals surface area contributed by atoms with Crippen LogP contribution in [-0.4, -0.2) is 35.5 Å². The number of cyclic esters (lactones) is 2. The number of hydrogen-bond acceptors (Lipinski definition) is 6. The van der Waals surface area contributed by atoms with E-state index < -0.39 is 35.5 Å². The number of Topliss-reactive ketones (excluding diaryl/α,β-unsaturated/α-hetero) is 1. The number of carbonyl (C=O) groups excluding carboxylic acids is 4.